The number of benzene rings is 1. The van der Waals surface area contributed by atoms with E-state index < -0.39 is 0 Å². The molecule has 1 unspecified atom stereocenters. The lowest BCUT2D eigenvalue weighted by Crippen LogP contribution is -2.30. The number of nitrogens with zero attached hydrogens (tertiary/aromatic N) is 2. The van der Waals surface area contributed by atoms with Crippen LogP contribution in [0.25, 0.3) is 11.3 Å². The quantitative estimate of drug-likeness (QED) is 0.261. The van der Waals surface area contributed by atoms with Crippen LogP contribution in [0.2, 0.25) is 0 Å². The fourth-order valence-corrected chi connectivity index (χ4v) is 3.58. The van der Waals surface area contributed by atoms with Gasteiger partial charge < -0.3 is 9.80 Å². The van der Waals surface area contributed by atoms with Gasteiger partial charge in [0.2, 0.25) is 0 Å². The molecule has 1 aliphatic carbocycles. The van der Waals surface area contributed by atoms with Gasteiger partial charge in [-0.2, -0.15) is 0 Å². The molecular weight excluding hydrogens is 383 g/mol. The number of fused-ring (bicyclic) bond motifs is 5. The van der Waals surface area contributed by atoms with Gasteiger partial charge >= 0.3 is 0 Å². The van der Waals surface area contributed by atoms with E-state index in [1.165, 1.54) is 16.8 Å². The van der Waals surface area contributed by atoms with Gasteiger partial charge in [-0.05, 0) is 40.3 Å². The Morgan fingerprint density at radius 2 is 1.73 bits per heavy atom. The van der Waals surface area contributed by atoms with Crippen molar-refractivity contribution in [3.05, 3.63) is 77.3 Å². The number of halogens is 1. The highest BCUT2D eigenvalue weighted by Gasteiger charge is 2.33. The summed E-state index contributed by atoms with van der Waals surface area (Å²) < 4.78 is 0.278. The minimum absolute atomic E-state index is 0.278. The molecule has 0 saturated heterocycles. The summed E-state index contributed by atoms with van der Waals surface area (Å²) in [5.41, 5.74) is 9.62. The zero-order valence-corrected chi connectivity index (χ0v) is 15.2. The highest BCUT2D eigenvalue weighted by atomic mass is 127. The lowest BCUT2D eigenvalue weighted by atomic mass is 9.98. The van der Waals surface area contributed by atoms with Crippen molar-refractivity contribution < 1.29 is 0 Å². The Kier molecular flexibility index (Phi) is 4.27. The van der Waals surface area contributed by atoms with Gasteiger partial charge in [-0.3, -0.25) is 0 Å². The average Bonchev–Trinajstić information content (AvgIpc) is 2.75. The molecule has 1 aromatic rings. The molecule has 0 aromatic heterocycles. The molecule has 0 amide bonds. The fraction of sp³-hybridized carbons (Fsp3) is 0.211. The summed E-state index contributed by atoms with van der Waals surface area (Å²) in [4.78, 5) is 4.58. The van der Waals surface area contributed by atoms with Gasteiger partial charge in [0.25, 0.3) is 0 Å². The van der Waals surface area contributed by atoms with E-state index in [-0.39, 0.29) is 4.17 Å². The van der Waals surface area contributed by atoms with Crippen LogP contribution in [-0.2, 0) is 0 Å². The van der Waals surface area contributed by atoms with Crippen molar-refractivity contribution in [1.29, 1.82) is 0 Å². The molecule has 112 valence electrons. The van der Waals surface area contributed by atoms with Crippen molar-refractivity contribution in [2.24, 2.45) is 0 Å². The third kappa shape index (κ3) is 2.34. The standard InChI is InChI=1S/C17H13IN2.C2H6/c1-19-11-16-15-9-5-4-8-14(15)12-6-2-3-7-13(10-12)20(16)17(19)18;1-2/h2-9,11,17H,1H3;1-2H3. The molecule has 0 radical (unpaired) electrons. The lowest BCUT2D eigenvalue weighted by Gasteiger charge is -2.27. The third-order valence-electron chi connectivity index (χ3n) is 3.78. The van der Waals surface area contributed by atoms with E-state index >= 15 is 0 Å². The zero-order chi connectivity index (χ0) is 15.7. The number of allylic oxidation sites excluding steroid dienone is 4. The predicted molar refractivity (Wildman–Crippen MR) is 102 cm³/mol. The monoisotopic (exact) mass is 402 g/mol. The van der Waals surface area contributed by atoms with Crippen LogP contribution in [0.5, 0.6) is 0 Å². The molecule has 2 bridgehead atoms. The van der Waals surface area contributed by atoms with E-state index in [4.69, 9.17) is 0 Å². The maximum atomic E-state index is 3.57. The molecule has 2 nitrogen and oxygen atoms in total. The smallest absolute Gasteiger partial charge is 0.159 e. The second kappa shape index (κ2) is 6.19. The minimum atomic E-state index is 0.278. The van der Waals surface area contributed by atoms with Crippen molar-refractivity contribution in [1.82, 2.24) is 9.80 Å². The Morgan fingerprint density at radius 3 is 2.50 bits per heavy atom. The number of hydrogen-bond acceptors (Lipinski definition) is 2. The van der Waals surface area contributed by atoms with E-state index in [2.05, 4.69) is 99.9 Å². The minimum Gasteiger partial charge on any atom is -0.350 e. The van der Waals surface area contributed by atoms with Gasteiger partial charge in [0.1, 0.15) is 0 Å². The third-order valence-corrected chi connectivity index (χ3v) is 5.21. The Hall–Kier alpha value is -1.71. The topological polar surface area (TPSA) is 6.48 Å². The van der Waals surface area contributed by atoms with E-state index in [9.17, 15) is 0 Å². The first-order chi connectivity index (χ1) is 10.8. The summed E-state index contributed by atoms with van der Waals surface area (Å²) in [6.45, 7) is 4.00. The van der Waals surface area contributed by atoms with Crippen LogP contribution >= 0.6 is 22.6 Å². The summed E-state index contributed by atoms with van der Waals surface area (Å²) in [6.07, 6.45) is 10.7. The zero-order valence-electron chi connectivity index (χ0n) is 13.0. The molecule has 3 aliphatic rings. The highest BCUT2D eigenvalue weighted by molar-refractivity contribution is 14.1. The fourth-order valence-electron chi connectivity index (χ4n) is 2.82. The van der Waals surface area contributed by atoms with Crippen LogP contribution < -0.4 is 0 Å². The molecule has 0 N–H and O–H groups in total. The normalized spacial score (nSPS) is 20.7. The molecule has 3 heteroatoms. The van der Waals surface area contributed by atoms with E-state index in [0.717, 1.165) is 11.3 Å². The van der Waals surface area contributed by atoms with Crippen molar-refractivity contribution in [2.45, 2.75) is 18.0 Å². The van der Waals surface area contributed by atoms with Crippen LogP contribution in [0.15, 0.2) is 66.2 Å². The number of rotatable bonds is 0. The first-order valence-electron chi connectivity index (χ1n) is 7.58. The Bertz CT molecular complexity index is 748. The molecule has 22 heavy (non-hydrogen) atoms. The molecule has 0 spiro atoms. The van der Waals surface area contributed by atoms with Crippen molar-refractivity contribution >= 4 is 33.9 Å². The molecule has 2 heterocycles. The van der Waals surface area contributed by atoms with Gasteiger partial charge in [-0.25, -0.2) is 0 Å². The first-order valence-corrected chi connectivity index (χ1v) is 8.83. The largest absolute Gasteiger partial charge is 0.350 e. The second-order valence-electron chi connectivity index (χ2n) is 5.05. The van der Waals surface area contributed by atoms with Crippen LogP contribution in [0, 0.1) is 0 Å². The first kappa shape index (κ1) is 15.2. The second-order valence-corrected chi connectivity index (χ2v) is 6.16. The van der Waals surface area contributed by atoms with Crippen LogP contribution in [0.1, 0.15) is 25.0 Å². The Balaban J connectivity index is 0.000000693. The molecule has 1 atom stereocenters. The van der Waals surface area contributed by atoms with E-state index in [0.29, 0.717) is 0 Å². The van der Waals surface area contributed by atoms with E-state index in [1.807, 2.05) is 13.8 Å². The summed E-state index contributed by atoms with van der Waals surface area (Å²) >= 11 is 2.47. The van der Waals surface area contributed by atoms with Crippen molar-refractivity contribution in [3.8, 4) is 0 Å². The molecule has 0 saturated carbocycles. The highest BCUT2D eigenvalue weighted by Crippen LogP contribution is 2.41. The van der Waals surface area contributed by atoms with Crippen LogP contribution in [-0.4, -0.2) is 21.0 Å². The Labute approximate surface area is 145 Å². The van der Waals surface area contributed by atoms with Crippen LogP contribution in [0.4, 0.5) is 0 Å². The molecule has 4 rings (SSSR count). The van der Waals surface area contributed by atoms with Gasteiger partial charge in [0.15, 0.2) is 4.17 Å². The van der Waals surface area contributed by atoms with Gasteiger partial charge in [-0.15, -0.1) is 0 Å². The summed E-state index contributed by atoms with van der Waals surface area (Å²) in [5, 5.41) is 0. The SMILES string of the molecule is CC.CN1C=C2c3ccccc3C3=C=C(C=CC=C3)N2C1I. The average molecular weight is 402 g/mol. The van der Waals surface area contributed by atoms with Gasteiger partial charge in [0, 0.05) is 24.4 Å². The molecule has 2 aliphatic heterocycles. The maximum Gasteiger partial charge on any atom is 0.159 e. The van der Waals surface area contributed by atoms with Crippen LogP contribution in [0.3, 0.4) is 0 Å². The summed E-state index contributed by atoms with van der Waals surface area (Å²) in [6, 6.07) is 8.57. The number of alkyl halides is 1. The lowest BCUT2D eigenvalue weighted by molar-refractivity contribution is 0.338. The van der Waals surface area contributed by atoms with Gasteiger partial charge in [0.05, 0.1) is 11.4 Å². The molecular formula is C19H19IN2. The summed E-state index contributed by atoms with van der Waals surface area (Å²) in [5.74, 6) is 0. The molecule has 1 aromatic carbocycles. The van der Waals surface area contributed by atoms with Gasteiger partial charge in [-0.1, -0.05) is 56.0 Å². The van der Waals surface area contributed by atoms with E-state index in [1.54, 1.807) is 0 Å². The maximum absolute atomic E-state index is 3.57. The molecule has 0 fully saturated rings. The summed E-state index contributed by atoms with van der Waals surface area (Å²) in [7, 11) is 2.12. The van der Waals surface area contributed by atoms with Crippen molar-refractivity contribution in [3.63, 3.8) is 0 Å². The Morgan fingerprint density at radius 1 is 1.05 bits per heavy atom. The number of hydrogen-bond donors (Lipinski definition) is 0. The van der Waals surface area contributed by atoms with Crippen molar-refractivity contribution in [2.75, 3.05) is 7.05 Å². The predicted octanol–water partition coefficient (Wildman–Crippen LogP) is 4.98.